The number of aryl methyl sites for hydroxylation is 2. The Kier molecular flexibility index (Phi) is 4.80. The summed E-state index contributed by atoms with van der Waals surface area (Å²) in [5.74, 6) is 1.77. The van der Waals surface area contributed by atoms with E-state index in [0.29, 0.717) is 23.1 Å². The van der Waals surface area contributed by atoms with E-state index in [9.17, 15) is 4.79 Å². The molecule has 2 aromatic rings. The number of carbonyl (C=O) groups is 1. The average molecular weight is 309 g/mol. The first kappa shape index (κ1) is 15.3. The zero-order valence-corrected chi connectivity index (χ0v) is 12.9. The van der Waals surface area contributed by atoms with Crippen LogP contribution in [0.5, 0.6) is 5.75 Å². The molecular formula is C14H17ClN4O2. The number of rotatable bonds is 5. The molecule has 0 atom stereocenters. The Morgan fingerprint density at radius 2 is 2.19 bits per heavy atom. The van der Waals surface area contributed by atoms with Crippen molar-refractivity contribution in [1.82, 2.24) is 20.1 Å². The molecular weight excluding hydrogens is 292 g/mol. The van der Waals surface area contributed by atoms with Crippen molar-refractivity contribution < 1.29 is 9.53 Å². The van der Waals surface area contributed by atoms with Crippen LogP contribution in [0, 0.1) is 13.8 Å². The second-order valence-electron chi connectivity index (χ2n) is 4.79. The molecule has 112 valence electrons. The number of hydrogen-bond acceptors (Lipinski definition) is 4. The van der Waals surface area contributed by atoms with Gasteiger partial charge < -0.3 is 9.64 Å². The van der Waals surface area contributed by atoms with Gasteiger partial charge in [-0.25, -0.2) is 4.98 Å². The fraction of sp³-hybridized carbons (Fsp3) is 0.357. The maximum Gasteiger partial charge on any atom is 0.260 e. The third-order valence-corrected chi connectivity index (χ3v) is 3.36. The summed E-state index contributed by atoms with van der Waals surface area (Å²) in [7, 11) is 1.69. The molecule has 21 heavy (non-hydrogen) atoms. The van der Waals surface area contributed by atoms with Crippen LogP contribution in [0.25, 0.3) is 0 Å². The summed E-state index contributed by atoms with van der Waals surface area (Å²) >= 11 is 5.94. The van der Waals surface area contributed by atoms with Gasteiger partial charge in [-0.2, -0.15) is 5.10 Å². The highest BCUT2D eigenvalue weighted by Crippen LogP contribution is 2.20. The monoisotopic (exact) mass is 308 g/mol. The minimum atomic E-state index is -0.148. The normalized spacial score (nSPS) is 10.5. The Morgan fingerprint density at radius 1 is 1.43 bits per heavy atom. The molecule has 1 aromatic heterocycles. The molecule has 0 saturated carbocycles. The molecule has 1 heterocycles. The van der Waals surface area contributed by atoms with Gasteiger partial charge in [-0.1, -0.05) is 11.6 Å². The molecule has 1 amide bonds. The van der Waals surface area contributed by atoms with E-state index in [1.54, 1.807) is 25.2 Å². The molecule has 0 saturated heterocycles. The largest absolute Gasteiger partial charge is 0.484 e. The topological polar surface area (TPSA) is 71.1 Å². The molecule has 1 N–H and O–H groups in total. The first-order valence-electron chi connectivity index (χ1n) is 6.46. The summed E-state index contributed by atoms with van der Waals surface area (Å²) < 4.78 is 5.47. The summed E-state index contributed by atoms with van der Waals surface area (Å²) in [6, 6.07) is 5.28. The average Bonchev–Trinajstić information content (AvgIpc) is 2.85. The van der Waals surface area contributed by atoms with Crippen molar-refractivity contribution in [1.29, 1.82) is 0 Å². The zero-order chi connectivity index (χ0) is 15.4. The number of aromatic nitrogens is 3. The van der Waals surface area contributed by atoms with Crippen LogP contribution in [0.15, 0.2) is 18.2 Å². The zero-order valence-electron chi connectivity index (χ0n) is 12.2. The van der Waals surface area contributed by atoms with E-state index < -0.39 is 0 Å². The van der Waals surface area contributed by atoms with Crippen LogP contribution in [-0.4, -0.2) is 39.6 Å². The van der Waals surface area contributed by atoms with Gasteiger partial charge in [-0.05, 0) is 37.6 Å². The predicted molar refractivity (Wildman–Crippen MR) is 79.3 cm³/mol. The predicted octanol–water partition coefficient (Wildman–Crippen LogP) is 2.11. The van der Waals surface area contributed by atoms with Crippen molar-refractivity contribution in [2.75, 3.05) is 13.7 Å². The SMILES string of the molecule is Cc1nc(CN(C)C(=O)COc2ccc(Cl)c(C)c2)n[nH]1. The number of likely N-dealkylation sites (N-methyl/N-ethyl adjacent to an activating group) is 1. The Hall–Kier alpha value is -2.08. The molecule has 0 aliphatic heterocycles. The van der Waals surface area contributed by atoms with Gasteiger partial charge in [0.15, 0.2) is 12.4 Å². The van der Waals surface area contributed by atoms with Crippen LogP contribution in [0.4, 0.5) is 0 Å². The Labute approximate surface area is 128 Å². The van der Waals surface area contributed by atoms with Crippen LogP contribution in [-0.2, 0) is 11.3 Å². The maximum absolute atomic E-state index is 12.0. The third kappa shape index (κ3) is 4.19. The smallest absolute Gasteiger partial charge is 0.260 e. The highest BCUT2D eigenvalue weighted by Gasteiger charge is 2.12. The van der Waals surface area contributed by atoms with Crippen molar-refractivity contribution in [3.8, 4) is 5.75 Å². The second kappa shape index (κ2) is 6.58. The minimum absolute atomic E-state index is 0.0407. The number of nitrogens with one attached hydrogen (secondary N) is 1. The van der Waals surface area contributed by atoms with Crippen molar-refractivity contribution in [3.05, 3.63) is 40.4 Å². The van der Waals surface area contributed by atoms with E-state index in [2.05, 4.69) is 15.2 Å². The lowest BCUT2D eigenvalue weighted by molar-refractivity contribution is -0.132. The van der Waals surface area contributed by atoms with Gasteiger partial charge in [0.2, 0.25) is 0 Å². The molecule has 0 aliphatic rings. The highest BCUT2D eigenvalue weighted by molar-refractivity contribution is 6.31. The van der Waals surface area contributed by atoms with E-state index in [0.717, 1.165) is 11.4 Å². The minimum Gasteiger partial charge on any atom is -0.484 e. The number of aromatic amines is 1. The lowest BCUT2D eigenvalue weighted by Gasteiger charge is -2.15. The van der Waals surface area contributed by atoms with Crippen molar-refractivity contribution in [2.45, 2.75) is 20.4 Å². The fourth-order valence-corrected chi connectivity index (χ4v) is 1.84. The summed E-state index contributed by atoms with van der Waals surface area (Å²) in [4.78, 5) is 17.7. The molecule has 1 aromatic carbocycles. The maximum atomic E-state index is 12.0. The summed E-state index contributed by atoms with van der Waals surface area (Å²) in [5.41, 5.74) is 0.908. The van der Waals surface area contributed by atoms with E-state index >= 15 is 0 Å². The number of halogens is 1. The number of benzene rings is 1. The molecule has 0 unspecified atom stereocenters. The fourth-order valence-electron chi connectivity index (χ4n) is 1.72. The number of nitrogens with zero attached hydrogens (tertiary/aromatic N) is 3. The first-order valence-corrected chi connectivity index (χ1v) is 6.84. The molecule has 0 radical (unpaired) electrons. The molecule has 6 nitrogen and oxygen atoms in total. The van der Waals surface area contributed by atoms with Gasteiger partial charge >= 0.3 is 0 Å². The van der Waals surface area contributed by atoms with E-state index in [4.69, 9.17) is 16.3 Å². The van der Waals surface area contributed by atoms with Crippen molar-refractivity contribution >= 4 is 17.5 Å². The van der Waals surface area contributed by atoms with E-state index in [1.165, 1.54) is 4.90 Å². The number of ether oxygens (including phenoxy) is 1. The number of hydrogen-bond donors (Lipinski definition) is 1. The number of amides is 1. The van der Waals surface area contributed by atoms with Crippen LogP contribution in [0.2, 0.25) is 5.02 Å². The van der Waals surface area contributed by atoms with Gasteiger partial charge in [0, 0.05) is 12.1 Å². The van der Waals surface area contributed by atoms with Gasteiger partial charge in [0.25, 0.3) is 5.91 Å². The summed E-state index contributed by atoms with van der Waals surface area (Å²) in [6.45, 7) is 3.99. The summed E-state index contributed by atoms with van der Waals surface area (Å²) in [5, 5.41) is 7.40. The Bertz CT molecular complexity index is 642. The first-order chi connectivity index (χ1) is 9.95. The second-order valence-corrected chi connectivity index (χ2v) is 5.19. The van der Waals surface area contributed by atoms with Gasteiger partial charge in [-0.15, -0.1) is 0 Å². The third-order valence-electron chi connectivity index (χ3n) is 2.94. The lowest BCUT2D eigenvalue weighted by atomic mass is 10.2. The van der Waals surface area contributed by atoms with E-state index in [-0.39, 0.29) is 12.5 Å². The van der Waals surface area contributed by atoms with Gasteiger partial charge in [-0.3, -0.25) is 9.89 Å². The van der Waals surface area contributed by atoms with Gasteiger partial charge in [0.05, 0.1) is 6.54 Å². The van der Waals surface area contributed by atoms with Crippen LogP contribution < -0.4 is 4.74 Å². The standard InChI is InChI=1S/C14H17ClN4O2/c1-9-6-11(4-5-12(9)15)21-8-14(20)19(3)7-13-16-10(2)17-18-13/h4-6H,7-8H2,1-3H3,(H,16,17,18). The molecule has 0 fully saturated rings. The molecule has 7 heteroatoms. The molecule has 0 spiro atoms. The lowest BCUT2D eigenvalue weighted by Crippen LogP contribution is -2.31. The van der Waals surface area contributed by atoms with Crippen LogP contribution >= 0.6 is 11.6 Å². The van der Waals surface area contributed by atoms with Crippen LogP contribution in [0.1, 0.15) is 17.2 Å². The van der Waals surface area contributed by atoms with Crippen molar-refractivity contribution in [3.63, 3.8) is 0 Å². The quantitative estimate of drug-likeness (QED) is 0.918. The van der Waals surface area contributed by atoms with Crippen LogP contribution in [0.3, 0.4) is 0 Å². The molecule has 0 bridgehead atoms. The summed E-state index contributed by atoms with van der Waals surface area (Å²) in [6.07, 6.45) is 0. The molecule has 0 aliphatic carbocycles. The van der Waals surface area contributed by atoms with E-state index in [1.807, 2.05) is 13.8 Å². The van der Waals surface area contributed by atoms with Gasteiger partial charge in [0.1, 0.15) is 11.6 Å². The number of carbonyl (C=O) groups excluding carboxylic acids is 1. The Balaban J connectivity index is 1.87. The highest BCUT2D eigenvalue weighted by atomic mass is 35.5. The Morgan fingerprint density at radius 3 is 2.81 bits per heavy atom. The molecule has 2 rings (SSSR count). The number of H-pyrrole nitrogens is 1. The van der Waals surface area contributed by atoms with Crippen molar-refractivity contribution in [2.24, 2.45) is 0 Å².